The Morgan fingerprint density at radius 3 is 2.63 bits per heavy atom. The Balaban J connectivity index is 2.10. The predicted octanol–water partition coefficient (Wildman–Crippen LogP) is 2.98. The molecule has 1 aliphatic rings. The van der Waals surface area contributed by atoms with E-state index in [0.717, 1.165) is 6.42 Å². The van der Waals surface area contributed by atoms with Crippen molar-refractivity contribution in [3.63, 3.8) is 0 Å². The Bertz CT molecular complexity index is 519. The van der Waals surface area contributed by atoms with E-state index in [1.807, 2.05) is 0 Å². The van der Waals surface area contributed by atoms with Crippen LogP contribution in [0.25, 0.3) is 0 Å². The molecule has 6 heteroatoms. The van der Waals surface area contributed by atoms with Gasteiger partial charge in [-0.3, -0.25) is 9.59 Å². The second-order valence-electron chi connectivity index (χ2n) is 4.58. The summed E-state index contributed by atoms with van der Waals surface area (Å²) >= 11 is 11.7. The molecule has 1 aromatic rings. The third kappa shape index (κ3) is 3.19. The Morgan fingerprint density at radius 2 is 2.00 bits per heavy atom. The predicted molar refractivity (Wildman–Crippen MR) is 72.7 cm³/mol. The number of carbonyl (C=O) groups excluding carboxylic acids is 1. The molecule has 0 heterocycles. The standard InChI is InChI=1S/C13H13Cl2NO3/c14-7-4-5-8(10(15)6-7)12(17)16-11-3-1-2-9(11)13(18)19/h4-6,9,11H,1-3H2,(H,16,17)(H,18,19)/t9-,11+/m1/s1. The summed E-state index contributed by atoms with van der Waals surface area (Å²) in [6, 6.07) is 4.26. The van der Waals surface area contributed by atoms with E-state index in [9.17, 15) is 9.59 Å². The molecule has 0 unspecified atom stereocenters. The quantitative estimate of drug-likeness (QED) is 0.902. The van der Waals surface area contributed by atoms with Gasteiger partial charge in [-0.05, 0) is 31.0 Å². The monoisotopic (exact) mass is 301 g/mol. The molecule has 0 saturated heterocycles. The molecular weight excluding hydrogens is 289 g/mol. The fourth-order valence-corrected chi connectivity index (χ4v) is 2.84. The maximum atomic E-state index is 12.1. The van der Waals surface area contributed by atoms with E-state index in [1.54, 1.807) is 6.07 Å². The van der Waals surface area contributed by atoms with Crippen molar-refractivity contribution in [2.45, 2.75) is 25.3 Å². The smallest absolute Gasteiger partial charge is 0.308 e. The van der Waals surface area contributed by atoms with E-state index < -0.39 is 11.9 Å². The highest BCUT2D eigenvalue weighted by Crippen LogP contribution is 2.27. The van der Waals surface area contributed by atoms with Crippen LogP contribution in [-0.2, 0) is 4.79 Å². The molecule has 2 rings (SSSR count). The van der Waals surface area contributed by atoms with Crippen LogP contribution >= 0.6 is 23.2 Å². The number of carbonyl (C=O) groups is 2. The second kappa shape index (κ2) is 5.80. The van der Waals surface area contributed by atoms with Crippen molar-refractivity contribution in [2.75, 3.05) is 0 Å². The Labute approximate surface area is 120 Å². The normalized spacial score (nSPS) is 22.2. The lowest BCUT2D eigenvalue weighted by Gasteiger charge is -2.18. The van der Waals surface area contributed by atoms with Gasteiger partial charge < -0.3 is 10.4 Å². The minimum absolute atomic E-state index is 0.259. The molecule has 0 aliphatic heterocycles. The molecule has 1 aliphatic carbocycles. The van der Waals surface area contributed by atoms with Gasteiger partial charge in [0.1, 0.15) is 0 Å². The highest BCUT2D eigenvalue weighted by molar-refractivity contribution is 6.36. The van der Waals surface area contributed by atoms with Gasteiger partial charge in [0.2, 0.25) is 0 Å². The van der Waals surface area contributed by atoms with Crippen LogP contribution in [0.15, 0.2) is 18.2 Å². The number of carboxylic acids is 1. The molecule has 1 saturated carbocycles. The van der Waals surface area contributed by atoms with Crippen molar-refractivity contribution < 1.29 is 14.7 Å². The first-order valence-corrected chi connectivity index (χ1v) is 6.73. The lowest BCUT2D eigenvalue weighted by atomic mass is 10.0. The van der Waals surface area contributed by atoms with Gasteiger partial charge in [0.25, 0.3) is 5.91 Å². The van der Waals surface area contributed by atoms with Crippen LogP contribution in [0.4, 0.5) is 0 Å². The number of hydrogen-bond donors (Lipinski definition) is 2. The van der Waals surface area contributed by atoms with Gasteiger partial charge >= 0.3 is 5.97 Å². The minimum Gasteiger partial charge on any atom is -0.481 e. The Hall–Kier alpha value is -1.26. The summed E-state index contributed by atoms with van der Waals surface area (Å²) in [6.07, 6.45) is 2.07. The van der Waals surface area contributed by atoms with Gasteiger partial charge in [-0.25, -0.2) is 0 Å². The first-order valence-electron chi connectivity index (χ1n) is 5.98. The third-order valence-corrected chi connectivity index (χ3v) is 3.87. The van der Waals surface area contributed by atoms with Gasteiger partial charge in [0, 0.05) is 11.1 Å². The summed E-state index contributed by atoms with van der Waals surface area (Å²) in [7, 11) is 0. The number of rotatable bonds is 3. The van der Waals surface area contributed by atoms with Crippen LogP contribution in [0, 0.1) is 5.92 Å². The summed E-state index contributed by atoms with van der Waals surface area (Å²) in [6.45, 7) is 0. The molecule has 0 bridgehead atoms. The second-order valence-corrected chi connectivity index (χ2v) is 5.42. The largest absolute Gasteiger partial charge is 0.481 e. The van der Waals surface area contributed by atoms with Crippen molar-refractivity contribution in [1.29, 1.82) is 0 Å². The van der Waals surface area contributed by atoms with Crippen LogP contribution in [-0.4, -0.2) is 23.0 Å². The van der Waals surface area contributed by atoms with E-state index in [2.05, 4.69) is 5.32 Å². The van der Waals surface area contributed by atoms with E-state index in [0.29, 0.717) is 23.4 Å². The van der Waals surface area contributed by atoms with Gasteiger partial charge in [0.15, 0.2) is 0 Å². The minimum atomic E-state index is -0.870. The lowest BCUT2D eigenvalue weighted by molar-refractivity contribution is -0.142. The Kier molecular flexibility index (Phi) is 4.32. The topological polar surface area (TPSA) is 66.4 Å². The van der Waals surface area contributed by atoms with Crippen LogP contribution in [0.2, 0.25) is 10.0 Å². The van der Waals surface area contributed by atoms with Crippen LogP contribution in [0.1, 0.15) is 29.6 Å². The number of amides is 1. The molecule has 0 radical (unpaired) electrons. The molecule has 2 atom stereocenters. The number of halogens is 2. The SMILES string of the molecule is O=C(N[C@H]1CCC[C@H]1C(=O)O)c1ccc(Cl)cc1Cl. The van der Waals surface area contributed by atoms with Gasteiger partial charge in [-0.2, -0.15) is 0 Å². The fraction of sp³-hybridized carbons (Fsp3) is 0.385. The summed E-state index contributed by atoms with van der Waals surface area (Å²) in [4.78, 5) is 23.1. The summed E-state index contributed by atoms with van der Waals surface area (Å²) in [5, 5.41) is 12.5. The van der Waals surface area contributed by atoms with E-state index >= 15 is 0 Å². The average molecular weight is 302 g/mol. The average Bonchev–Trinajstić information content (AvgIpc) is 2.76. The van der Waals surface area contributed by atoms with Crippen LogP contribution in [0.3, 0.4) is 0 Å². The molecular formula is C13H13Cl2NO3. The zero-order valence-corrected chi connectivity index (χ0v) is 11.5. The third-order valence-electron chi connectivity index (χ3n) is 3.33. The fourth-order valence-electron chi connectivity index (χ4n) is 2.35. The molecule has 2 N–H and O–H groups in total. The van der Waals surface area contributed by atoms with E-state index in [1.165, 1.54) is 12.1 Å². The molecule has 1 fully saturated rings. The molecule has 0 aromatic heterocycles. The summed E-state index contributed by atoms with van der Waals surface area (Å²) in [5.74, 6) is -1.75. The van der Waals surface area contributed by atoms with Crippen molar-refractivity contribution in [3.8, 4) is 0 Å². The van der Waals surface area contributed by atoms with E-state index in [-0.39, 0.29) is 17.0 Å². The van der Waals surface area contributed by atoms with Gasteiger partial charge in [0.05, 0.1) is 16.5 Å². The lowest BCUT2D eigenvalue weighted by Crippen LogP contribution is -2.40. The first kappa shape index (κ1) is 14.2. The van der Waals surface area contributed by atoms with Crippen LogP contribution in [0.5, 0.6) is 0 Å². The van der Waals surface area contributed by atoms with Crippen molar-refractivity contribution in [2.24, 2.45) is 5.92 Å². The first-order chi connectivity index (χ1) is 8.99. The zero-order chi connectivity index (χ0) is 14.0. The highest BCUT2D eigenvalue weighted by Gasteiger charge is 2.34. The highest BCUT2D eigenvalue weighted by atomic mass is 35.5. The van der Waals surface area contributed by atoms with Crippen LogP contribution < -0.4 is 5.32 Å². The molecule has 102 valence electrons. The zero-order valence-electron chi connectivity index (χ0n) is 10.0. The maximum absolute atomic E-state index is 12.1. The van der Waals surface area contributed by atoms with Crippen molar-refractivity contribution in [3.05, 3.63) is 33.8 Å². The summed E-state index contributed by atoms with van der Waals surface area (Å²) < 4.78 is 0. The van der Waals surface area contributed by atoms with Gasteiger partial charge in [-0.15, -0.1) is 0 Å². The number of nitrogens with one attached hydrogen (secondary N) is 1. The van der Waals surface area contributed by atoms with Crippen molar-refractivity contribution >= 4 is 35.1 Å². The molecule has 19 heavy (non-hydrogen) atoms. The maximum Gasteiger partial charge on any atom is 0.308 e. The molecule has 0 spiro atoms. The van der Waals surface area contributed by atoms with E-state index in [4.69, 9.17) is 28.3 Å². The van der Waals surface area contributed by atoms with Gasteiger partial charge in [-0.1, -0.05) is 29.6 Å². The number of aliphatic carboxylic acids is 1. The molecule has 1 aromatic carbocycles. The summed E-state index contributed by atoms with van der Waals surface area (Å²) in [5.41, 5.74) is 0.308. The van der Waals surface area contributed by atoms with Crippen molar-refractivity contribution in [1.82, 2.24) is 5.32 Å². The Morgan fingerprint density at radius 1 is 1.26 bits per heavy atom. The number of benzene rings is 1. The number of hydrogen-bond acceptors (Lipinski definition) is 2. The number of carboxylic acid groups (broad SMARTS) is 1. The molecule has 1 amide bonds. The molecule has 4 nitrogen and oxygen atoms in total.